The number of carbonyl (C=O) groups excluding carboxylic acids is 3. The summed E-state index contributed by atoms with van der Waals surface area (Å²) in [6, 6.07) is 9.23. The number of aliphatic hydroxyl groups is 1. The fraction of sp³-hybridized carbons (Fsp3) is 0.618. The normalized spacial score (nSPS) is 29.5. The Kier molecular flexibility index (Phi) is 10.6. The third-order valence-electron chi connectivity index (χ3n) is 9.91. The summed E-state index contributed by atoms with van der Waals surface area (Å²) in [6.07, 6.45) is 6.13. The molecule has 240 valence electrons. The van der Waals surface area contributed by atoms with Crippen LogP contribution < -0.4 is 0 Å². The molecule has 1 aromatic rings. The van der Waals surface area contributed by atoms with Crippen LogP contribution in [0.5, 0.6) is 0 Å². The van der Waals surface area contributed by atoms with Crippen LogP contribution in [-0.2, 0) is 25.7 Å². The van der Waals surface area contributed by atoms with Gasteiger partial charge in [0.1, 0.15) is 6.04 Å². The largest absolute Gasteiger partial charge is 0.396 e. The lowest BCUT2D eigenvalue weighted by atomic mass is 9.66. The molecular formula is C34H48N4O5S. The number of likely N-dealkylation sites (tertiary alicyclic amines) is 1. The lowest BCUT2D eigenvalue weighted by Gasteiger charge is -2.38. The average molecular weight is 625 g/mol. The minimum absolute atomic E-state index is 0.0291. The summed E-state index contributed by atoms with van der Waals surface area (Å²) in [5, 5.41) is 9.51. The van der Waals surface area contributed by atoms with Crippen LogP contribution in [0.25, 0.3) is 0 Å². The second-order valence-electron chi connectivity index (χ2n) is 12.7. The van der Waals surface area contributed by atoms with Crippen molar-refractivity contribution >= 4 is 29.5 Å². The fourth-order valence-electron chi connectivity index (χ4n) is 7.81. The molecule has 10 heteroatoms. The minimum atomic E-state index is -0.673. The second kappa shape index (κ2) is 14.2. The summed E-state index contributed by atoms with van der Waals surface area (Å²) in [7, 11) is 0. The molecule has 1 spiro atoms. The summed E-state index contributed by atoms with van der Waals surface area (Å²) in [6.45, 7) is 15.9. The predicted octanol–water partition coefficient (Wildman–Crippen LogP) is 2.80. The van der Waals surface area contributed by atoms with Gasteiger partial charge in [0, 0.05) is 63.7 Å². The summed E-state index contributed by atoms with van der Waals surface area (Å²) < 4.78 is 4.38. The molecule has 4 saturated heterocycles. The molecule has 5 atom stereocenters. The van der Waals surface area contributed by atoms with Gasteiger partial charge in [-0.1, -0.05) is 42.5 Å². The molecule has 9 nitrogen and oxygen atoms in total. The first-order valence-corrected chi connectivity index (χ1v) is 16.9. The molecule has 3 amide bonds. The highest BCUT2D eigenvalue weighted by molar-refractivity contribution is 8.02. The molecule has 0 aromatic heterocycles. The Morgan fingerprint density at radius 1 is 1.05 bits per heavy atom. The SMILES string of the molecule is C=CCN(CCN1CCOCC1)C(=O)C1N(CCCCO)C(=O)[C@@H]2[C@H](C(=O)N(CC=C)Cc3ccccc3)[C@]3(C)CCC12S3. The van der Waals surface area contributed by atoms with Crippen molar-refractivity contribution in [3.63, 3.8) is 0 Å². The van der Waals surface area contributed by atoms with Crippen LogP contribution in [0.1, 0.15) is 38.2 Å². The van der Waals surface area contributed by atoms with Gasteiger partial charge in [0.05, 0.1) is 29.8 Å². The minimum Gasteiger partial charge on any atom is -0.396 e. The number of hydrogen-bond donors (Lipinski definition) is 1. The van der Waals surface area contributed by atoms with Gasteiger partial charge in [0.15, 0.2) is 0 Å². The Bertz CT molecular complexity index is 1210. The van der Waals surface area contributed by atoms with E-state index in [9.17, 15) is 19.5 Å². The number of thioether (sulfide) groups is 1. The van der Waals surface area contributed by atoms with E-state index in [0.717, 1.165) is 31.6 Å². The average Bonchev–Trinajstić information content (AvgIpc) is 3.60. The van der Waals surface area contributed by atoms with E-state index in [2.05, 4.69) is 25.0 Å². The number of unbranched alkanes of at least 4 members (excludes halogenated alkanes) is 1. The van der Waals surface area contributed by atoms with Crippen molar-refractivity contribution in [3.8, 4) is 0 Å². The first-order chi connectivity index (χ1) is 21.3. The summed E-state index contributed by atoms with van der Waals surface area (Å²) in [5.41, 5.74) is 1.02. The molecule has 1 N–H and O–H groups in total. The number of rotatable bonds is 15. The second-order valence-corrected chi connectivity index (χ2v) is 14.6. The van der Waals surface area contributed by atoms with E-state index >= 15 is 0 Å². The van der Waals surface area contributed by atoms with E-state index in [0.29, 0.717) is 65.2 Å². The zero-order chi connectivity index (χ0) is 31.3. The Hall–Kier alpha value is -2.66. The highest BCUT2D eigenvalue weighted by atomic mass is 32.2. The molecular weight excluding hydrogens is 576 g/mol. The van der Waals surface area contributed by atoms with Crippen LogP contribution >= 0.6 is 11.8 Å². The number of nitrogens with zero attached hydrogens (tertiary/aromatic N) is 4. The van der Waals surface area contributed by atoms with Crippen molar-refractivity contribution in [2.75, 3.05) is 65.6 Å². The Morgan fingerprint density at radius 2 is 1.75 bits per heavy atom. The van der Waals surface area contributed by atoms with E-state index in [-0.39, 0.29) is 24.3 Å². The Morgan fingerprint density at radius 3 is 2.43 bits per heavy atom. The molecule has 0 radical (unpaired) electrons. The van der Waals surface area contributed by atoms with Crippen LogP contribution in [0, 0.1) is 11.8 Å². The number of carbonyl (C=O) groups is 3. The predicted molar refractivity (Wildman–Crippen MR) is 173 cm³/mol. The number of ether oxygens (including phenoxy) is 1. The first kappa shape index (κ1) is 32.7. The number of amides is 3. The molecule has 5 rings (SSSR count). The highest BCUT2D eigenvalue weighted by Gasteiger charge is 2.77. The summed E-state index contributed by atoms with van der Waals surface area (Å²) in [5.74, 6) is -1.30. The van der Waals surface area contributed by atoms with Gasteiger partial charge in [-0.15, -0.1) is 24.9 Å². The van der Waals surface area contributed by atoms with Gasteiger partial charge >= 0.3 is 0 Å². The van der Waals surface area contributed by atoms with Crippen LogP contribution in [0.15, 0.2) is 55.6 Å². The fourth-order valence-corrected chi connectivity index (χ4v) is 10.2. The summed E-state index contributed by atoms with van der Waals surface area (Å²) in [4.78, 5) is 51.4. The first-order valence-electron chi connectivity index (χ1n) is 16.0. The topological polar surface area (TPSA) is 93.6 Å². The third kappa shape index (κ3) is 6.23. The Labute approximate surface area is 266 Å². The van der Waals surface area contributed by atoms with Crippen molar-refractivity contribution in [1.82, 2.24) is 19.6 Å². The van der Waals surface area contributed by atoms with Crippen LogP contribution in [-0.4, -0.2) is 124 Å². The molecule has 4 aliphatic heterocycles. The number of hydrogen-bond acceptors (Lipinski definition) is 7. The lowest BCUT2D eigenvalue weighted by molar-refractivity contribution is -0.146. The van der Waals surface area contributed by atoms with Gasteiger partial charge in [-0.25, -0.2) is 0 Å². The van der Waals surface area contributed by atoms with Crippen molar-refractivity contribution in [1.29, 1.82) is 0 Å². The van der Waals surface area contributed by atoms with Crippen molar-refractivity contribution < 1.29 is 24.2 Å². The molecule has 4 fully saturated rings. The molecule has 4 heterocycles. The number of fused-ring (bicyclic) bond motifs is 1. The molecule has 44 heavy (non-hydrogen) atoms. The van der Waals surface area contributed by atoms with Crippen LogP contribution in [0.2, 0.25) is 0 Å². The quantitative estimate of drug-likeness (QED) is 0.237. The van der Waals surface area contributed by atoms with Crippen molar-refractivity contribution in [2.45, 2.75) is 54.7 Å². The van der Waals surface area contributed by atoms with E-state index in [1.165, 1.54) is 0 Å². The third-order valence-corrected chi connectivity index (χ3v) is 11.9. The van der Waals surface area contributed by atoms with Crippen LogP contribution in [0.4, 0.5) is 0 Å². The van der Waals surface area contributed by atoms with E-state index in [1.54, 1.807) is 28.8 Å². The molecule has 0 saturated carbocycles. The van der Waals surface area contributed by atoms with Gasteiger partial charge in [0.25, 0.3) is 0 Å². The lowest BCUT2D eigenvalue weighted by Crippen LogP contribution is -2.56. The Balaban J connectivity index is 1.46. The van der Waals surface area contributed by atoms with Crippen LogP contribution in [0.3, 0.4) is 0 Å². The zero-order valence-electron chi connectivity index (χ0n) is 26.1. The number of benzene rings is 1. The maximum atomic E-state index is 14.7. The number of morpholine rings is 1. The molecule has 1 aromatic carbocycles. The molecule has 2 bridgehead atoms. The number of aliphatic hydroxyl groups excluding tert-OH is 1. The molecule has 0 aliphatic carbocycles. The monoisotopic (exact) mass is 624 g/mol. The smallest absolute Gasteiger partial charge is 0.247 e. The summed E-state index contributed by atoms with van der Waals surface area (Å²) >= 11 is 1.71. The van der Waals surface area contributed by atoms with Gasteiger partial charge in [-0.2, -0.15) is 0 Å². The van der Waals surface area contributed by atoms with E-state index in [4.69, 9.17) is 4.74 Å². The van der Waals surface area contributed by atoms with Gasteiger partial charge < -0.3 is 24.5 Å². The maximum absolute atomic E-state index is 14.7. The standard InChI is InChI=1S/C34H48N4O5S/c1-4-15-36(19-18-35-20-23-43-24-21-35)32(42)29-34-14-13-33(3,44-34)27(28(34)31(41)38(29)17-9-10-22-39)30(40)37(16-5-2)25-26-11-7-6-8-12-26/h4-8,11-12,27-29,39H,1-2,9-10,13-25H2,3H3/t27-,28+,29?,33+,34?/m1/s1. The van der Waals surface area contributed by atoms with Crippen molar-refractivity contribution in [2.24, 2.45) is 11.8 Å². The maximum Gasteiger partial charge on any atom is 0.247 e. The van der Waals surface area contributed by atoms with Gasteiger partial charge in [-0.3, -0.25) is 19.3 Å². The van der Waals surface area contributed by atoms with Gasteiger partial charge in [0.2, 0.25) is 17.7 Å². The van der Waals surface area contributed by atoms with Gasteiger partial charge in [-0.05, 0) is 38.2 Å². The zero-order valence-corrected chi connectivity index (χ0v) is 26.9. The van der Waals surface area contributed by atoms with E-state index < -0.39 is 27.4 Å². The van der Waals surface area contributed by atoms with Crippen molar-refractivity contribution in [3.05, 3.63) is 61.2 Å². The van der Waals surface area contributed by atoms with E-state index in [1.807, 2.05) is 40.1 Å². The molecule has 4 aliphatic rings. The molecule has 2 unspecified atom stereocenters. The highest BCUT2D eigenvalue weighted by Crippen LogP contribution is 2.71.